The molecule has 4 aliphatic rings. The van der Waals surface area contributed by atoms with Gasteiger partial charge in [0.05, 0.1) is 7.11 Å². The molecule has 23 heavy (non-hydrogen) atoms. The third kappa shape index (κ3) is 3.33. The van der Waals surface area contributed by atoms with Crippen LogP contribution in [0.2, 0.25) is 0 Å². The van der Waals surface area contributed by atoms with Crippen molar-refractivity contribution in [2.45, 2.75) is 65.0 Å². The zero-order valence-electron chi connectivity index (χ0n) is 14.7. The van der Waals surface area contributed by atoms with E-state index in [4.69, 9.17) is 4.74 Å². The topological polar surface area (TPSA) is 67.4 Å². The number of hydrogen-bond donors (Lipinski definition) is 2. The van der Waals surface area contributed by atoms with E-state index in [0.717, 1.165) is 11.8 Å². The largest absolute Gasteiger partial charge is 0.467 e. The van der Waals surface area contributed by atoms with Gasteiger partial charge < -0.3 is 15.4 Å². The smallest absolute Gasteiger partial charge is 0.328 e. The minimum atomic E-state index is -0.635. The molecule has 4 rings (SSSR count). The molecule has 5 nitrogen and oxygen atoms in total. The first kappa shape index (κ1) is 16.6. The Balaban J connectivity index is 1.61. The molecular weight excluding hydrogens is 292 g/mol. The maximum absolute atomic E-state index is 12.5. The van der Waals surface area contributed by atoms with Crippen LogP contribution in [-0.4, -0.2) is 31.2 Å². The highest BCUT2D eigenvalue weighted by Gasteiger charge is 2.48. The third-order valence-electron chi connectivity index (χ3n) is 6.10. The lowest BCUT2D eigenvalue weighted by atomic mass is 9.54. The monoisotopic (exact) mass is 322 g/mol. The van der Waals surface area contributed by atoms with Crippen molar-refractivity contribution in [2.75, 3.05) is 7.11 Å². The zero-order chi connectivity index (χ0) is 16.8. The van der Waals surface area contributed by atoms with Crippen LogP contribution < -0.4 is 10.6 Å². The van der Waals surface area contributed by atoms with Crippen LogP contribution in [0.4, 0.5) is 4.79 Å². The molecule has 0 aromatic heterocycles. The van der Waals surface area contributed by atoms with Crippen LogP contribution >= 0.6 is 0 Å². The Morgan fingerprint density at radius 2 is 1.52 bits per heavy atom. The number of rotatable bonds is 3. The second-order valence-electron chi connectivity index (χ2n) is 8.90. The second-order valence-corrected chi connectivity index (χ2v) is 8.90. The molecule has 0 saturated heterocycles. The quantitative estimate of drug-likeness (QED) is 0.785. The summed E-state index contributed by atoms with van der Waals surface area (Å²) in [7, 11) is 1.36. The van der Waals surface area contributed by atoms with Crippen molar-refractivity contribution in [3.63, 3.8) is 0 Å². The molecule has 2 N–H and O–H groups in total. The van der Waals surface area contributed by atoms with E-state index < -0.39 is 12.0 Å². The van der Waals surface area contributed by atoms with E-state index in [0.29, 0.717) is 11.8 Å². The van der Waals surface area contributed by atoms with E-state index in [2.05, 4.69) is 10.6 Å². The van der Waals surface area contributed by atoms with E-state index in [-0.39, 0.29) is 17.5 Å². The van der Waals surface area contributed by atoms with Gasteiger partial charge in [-0.2, -0.15) is 0 Å². The molecule has 1 unspecified atom stereocenters. The van der Waals surface area contributed by atoms with E-state index in [1.807, 2.05) is 20.8 Å². The Morgan fingerprint density at radius 3 is 1.96 bits per heavy atom. The van der Waals surface area contributed by atoms with Gasteiger partial charge in [0, 0.05) is 6.04 Å². The van der Waals surface area contributed by atoms with E-state index >= 15 is 0 Å². The van der Waals surface area contributed by atoms with Gasteiger partial charge in [0.25, 0.3) is 0 Å². The van der Waals surface area contributed by atoms with E-state index in [9.17, 15) is 9.59 Å². The molecule has 130 valence electrons. The van der Waals surface area contributed by atoms with Crippen molar-refractivity contribution in [3.8, 4) is 0 Å². The number of urea groups is 1. The Kier molecular flexibility index (Phi) is 4.32. The van der Waals surface area contributed by atoms with Crippen molar-refractivity contribution in [1.82, 2.24) is 10.6 Å². The number of nitrogens with one attached hydrogen (secondary N) is 2. The molecular formula is C18H30N2O3. The first-order valence-electron chi connectivity index (χ1n) is 8.92. The molecule has 1 atom stereocenters. The fourth-order valence-electron chi connectivity index (χ4n) is 5.23. The molecule has 4 aliphatic carbocycles. The highest BCUT2D eigenvalue weighted by atomic mass is 16.5. The number of amides is 2. The minimum absolute atomic E-state index is 0.229. The maximum atomic E-state index is 12.5. The summed E-state index contributed by atoms with van der Waals surface area (Å²) in [4.78, 5) is 24.4. The summed E-state index contributed by atoms with van der Waals surface area (Å²) < 4.78 is 4.84. The number of methoxy groups -OCH3 is 1. The molecule has 0 heterocycles. The summed E-state index contributed by atoms with van der Waals surface area (Å²) in [6.45, 7) is 5.78. The molecule has 4 saturated carbocycles. The molecule has 0 radical (unpaired) electrons. The van der Waals surface area contributed by atoms with Crippen molar-refractivity contribution < 1.29 is 14.3 Å². The lowest BCUT2D eigenvalue weighted by Gasteiger charge is -2.54. The summed E-state index contributed by atoms with van der Waals surface area (Å²) in [5, 5.41) is 6.03. The van der Waals surface area contributed by atoms with Gasteiger partial charge in [-0.1, -0.05) is 20.8 Å². The van der Waals surface area contributed by atoms with Gasteiger partial charge in [-0.3, -0.25) is 0 Å². The maximum Gasteiger partial charge on any atom is 0.328 e. The molecule has 0 aromatic rings. The standard InChI is InChI=1S/C18H30N2O3/c1-18(2,3)15(16(21)23-4)20-17(22)19-14-12-6-10-5-11(8-12)9-13(14)7-10/h10-15H,5-9H2,1-4H3,(H2,19,20,22). The zero-order valence-corrected chi connectivity index (χ0v) is 14.7. The van der Waals surface area contributed by atoms with Gasteiger partial charge in [-0.05, 0) is 61.2 Å². The van der Waals surface area contributed by atoms with Crippen LogP contribution in [0.3, 0.4) is 0 Å². The van der Waals surface area contributed by atoms with Crippen molar-refractivity contribution in [2.24, 2.45) is 29.1 Å². The van der Waals surface area contributed by atoms with Crippen molar-refractivity contribution >= 4 is 12.0 Å². The van der Waals surface area contributed by atoms with E-state index in [1.54, 1.807) is 0 Å². The van der Waals surface area contributed by atoms with Crippen LogP contribution in [-0.2, 0) is 9.53 Å². The average Bonchev–Trinajstić information content (AvgIpc) is 2.46. The second kappa shape index (κ2) is 5.99. The van der Waals surface area contributed by atoms with Crippen LogP contribution in [0, 0.1) is 29.1 Å². The van der Waals surface area contributed by atoms with Crippen molar-refractivity contribution in [1.29, 1.82) is 0 Å². The van der Waals surface area contributed by atoms with Crippen molar-refractivity contribution in [3.05, 3.63) is 0 Å². The molecule has 5 heteroatoms. The Morgan fingerprint density at radius 1 is 1.00 bits per heavy atom. The van der Waals surface area contributed by atoms with Crippen LogP contribution in [0.5, 0.6) is 0 Å². The van der Waals surface area contributed by atoms with Gasteiger partial charge in [0.2, 0.25) is 0 Å². The lowest BCUT2D eigenvalue weighted by molar-refractivity contribution is -0.145. The van der Waals surface area contributed by atoms with Gasteiger partial charge in [-0.15, -0.1) is 0 Å². The normalized spacial score (nSPS) is 36.4. The number of ether oxygens (including phenoxy) is 1. The minimum Gasteiger partial charge on any atom is -0.467 e. The number of esters is 1. The van der Waals surface area contributed by atoms with E-state index in [1.165, 1.54) is 39.2 Å². The summed E-state index contributed by atoms with van der Waals surface area (Å²) >= 11 is 0. The average molecular weight is 322 g/mol. The summed E-state index contributed by atoms with van der Waals surface area (Å²) in [6.07, 6.45) is 6.45. The van der Waals surface area contributed by atoms with Gasteiger partial charge in [0.15, 0.2) is 0 Å². The first-order chi connectivity index (χ1) is 10.8. The summed E-state index contributed by atoms with van der Waals surface area (Å²) in [5.41, 5.74) is -0.380. The number of hydrogen-bond acceptors (Lipinski definition) is 3. The number of carbonyl (C=O) groups excluding carboxylic acids is 2. The molecule has 0 aliphatic heterocycles. The Labute approximate surface area is 138 Å². The molecule has 4 bridgehead atoms. The van der Waals surface area contributed by atoms with Gasteiger partial charge in [0.1, 0.15) is 6.04 Å². The fourth-order valence-corrected chi connectivity index (χ4v) is 5.23. The number of carbonyl (C=O) groups is 2. The SMILES string of the molecule is COC(=O)C(NC(=O)NC1C2CC3CC(C2)CC1C3)C(C)(C)C. The Hall–Kier alpha value is -1.26. The van der Waals surface area contributed by atoms with Crippen LogP contribution in [0.25, 0.3) is 0 Å². The molecule has 0 aromatic carbocycles. The molecule has 0 spiro atoms. The fraction of sp³-hybridized carbons (Fsp3) is 0.889. The summed E-state index contributed by atoms with van der Waals surface area (Å²) in [6, 6.07) is -0.585. The van der Waals surface area contributed by atoms with Crippen LogP contribution in [0.15, 0.2) is 0 Å². The highest BCUT2D eigenvalue weighted by Crippen LogP contribution is 2.53. The molecule has 4 fully saturated rings. The predicted octanol–water partition coefficient (Wildman–Crippen LogP) is 2.70. The van der Waals surface area contributed by atoms with Crippen LogP contribution in [0.1, 0.15) is 52.9 Å². The summed E-state index contributed by atoms with van der Waals surface area (Å²) in [5.74, 6) is 2.64. The first-order valence-corrected chi connectivity index (χ1v) is 8.92. The van der Waals surface area contributed by atoms with Gasteiger partial charge in [-0.25, -0.2) is 9.59 Å². The highest BCUT2D eigenvalue weighted by molar-refractivity contribution is 5.84. The molecule has 2 amide bonds. The lowest BCUT2D eigenvalue weighted by Crippen LogP contribution is -2.60. The van der Waals surface area contributed by atoms with Gasteiger partial charge >= 0.3 is 12.0 Å². The third-order valence-corrected chi connectivity index (χ3v) is 6.10. The Bertz CT molecular complexity index is 455. The predicted molar refractivity (Wildman–Crippen MR) is 87.8 cm³/mol.